The van der Waals surface area contributed by atoms with E-state index < -0.39 is 16.0 Å². The number of nitrogens with zero attached hydrogens (tertiary/aromatic N) is 1. The van der Waals surface area contributed by atoms with Crippen LogP contribution in [0.4, 0.5) is 0 Å². The lowest BCUT2D eigenvalue weighted by Gasteiger charge is -2.33. The molecule has 1 saturated heterocycles. The first-order valence-corrected chi connectivity index (χ1v) is 10.5. The second kappa shape index (κ2) is 8.22. The van der Waals surface area contributed by atoms with E-state index >= 15 is 0 Å². The fourth-order valence-corrected chi connectivity index (χ4v) is 6.57. The highest BCUT2D eigenvalue weighted by molar-refractivity contribution is 7.89. The predicted octanol–water partition coefficient (Wildman–Crippen LogP) is 2.86. The summed E-state index contributed by atoms with van der Waals surface area (Å²) in [5, 5.41) is 0.566. The van der Waals surface area contributed by atoms with Crippen LogP contribution >= 0.6 is 23.7 Å². The summed E-state index contributed by atoms with van der Waals surface area (Å²) in [7, 11) is -2.55. The van der Waals surface area contributed by atoms with Crippen molar-refractivity contribution in [3.63, 3.8) is 0 Å². The standard InChI is InChI=1S/C17H22N2O4S2.ClH/c1-11(18)12-6-5-9-19(10-12)25(21,22)16-13-7-3-4-8-14(13)24-15(16)17(20)23-2;/h3-4,7-8,11-12H,5-6,9-10,18H2,1-2H3;1H. The van der Waals surface area contributed by atoms with E-state index in [2.05, 4.69) is 0 Å². The maximum absolute atomic E-state index is 13.4. The zero-order valence-electron chi connectivity index (χ0n) is 14.7. The van der Waals surface area contributed by atoms with Gasteiger partial charge < -0.3 is 10.5 Å². The van der Waals surface area contributed by atoms with Crippen LogP contribution in [0.1, 0.15) is 29.4 Å². The highest BCUT2D eigenvalue weighted by Gasteiger charge is 2.36. The third-order valence-corrected chi connectivity index (χ3v) is 7.91. The molecular formula is C17H23ClN2O4S2. The van der Waals surface area contributed by atoms with Crippen LogP contribution in [-0.2, 0) is 14.8 Å². The molecule has 0 radical (unpaired) electrons. The summed E-state index contributed by atoms with van der Waals surface area (Å²) in [6, 6.07) is 7.07. The number of rotatable bonds is 4. The van der Waals surface area contributed by atoms with Gasteiger partial charge in [-0.1, -0.05) is 18.2 Å². The number of hydrogen-bond acceptors (Lipinski definition) is 6. The van der Waals surface area contributed by atoms with Gasteiger partial charge in [0.1, 0.15) is 9.77 Å². The van der Waals surface area contributed by atoms with E-state index in [1.165, 1.54) is 11.4 Å². The molecule has 0 saturated carbocycles. The van der Waals surface area contributed by atoms with E-state index in [0.29, 0.717) is 18.5 Å². The minimum atomic E-state index is -3.81. The van der Waals surface area contributed by atoms with Gasteiger partial charge in [0, 0.05) is 29.2 Å². The van der Waals surface area contributed by atoms with Gasteiger partial charge in [-0.3, -0.25) is 0 Å². The van der Waals surface area contributed by atoms with Gasteiger partial charge in [0.2, 0.25) is 10.0 Å². The fourth-order valence-electron chi connectivity index (χ4n) is 3.26. The third-order valence-electron chi connectivity index (χ3n) is 4.68. The summed E-state index contributed by atoms with van der Waals surface area (Å²) in [6.45, 7) is 2.72. The van der Waals surface area contributed by atoms with Gasteiger partial charge in [-0.05, 0) is 31.7 Å². The quantitative estimate of drug-likeness (QED) is 0.771. The summed E-state index contributed by atoms with van der Waals surface area (Å²) in [5.74, 6) is -0.504. The van der Waals surface area contributed by atoms with Crippen LogP contribution in [0.15, 0.2) is 29.2 Å². The summed E-state index contributed by atoms with van der Waals surface area (Å²) < 4.78 is 33.7. The van der Waals surface area contributed by atoms with Crippen molar-refractivity contribution < 1.29 is 17.9 Å². The van der Waals surface area contributed by atoms with Crippen LogP contribution in [0.5, 0.6) is 0 Å². The van der Waals surface area contributed by atoms with Crippen molar-refractivity contribution in [3.05, 3.63) is 29.1 Å². The maximum Gasteiger partial charge on any atom is 0.349 e. The summed E-state index contributed by atoms with van der Waals surface area (Å²) >= 11 is 1.15. The van der Waals surface area contributed by atoms with Gasteiger partial charge in [0.15, 0.2) is 0 Å². The van der Waals surface area contributed by atoms with Crippen molar-refractivity contribution in [1.29, 1.82) is 0 Å². The number of carbonyl (C=O) groups is 1. The van der Waals surface area contributed by atoms with E-state index in [4.69, 9.17) is 10.5 Å². The Balaban J connectivity index is 0.00000243. The third kappa shape index (κ3) is 3.75. The molecule has 144 valence electrons. The second-order valence-corrected chi connectivity index (χ2v) is 9.30. The number of halogens is 1. The van der Waals surface area contributed by atoms with Gasteiger partial charge >= 0.3 is 5.97 Å². The Morgan fingerprint density at radius 1 is 1.38 bits per heavy atom. The summed E-state index contributed by atoms with van der Waals surface area (Å²) in [5.41, 5.74) is 5.99. The second-order valence-electron chi connectivity index (χ2n) is 6.37. The van der Waals surface area contributed by atoms with Crippen molar-refractivity contribution in [1.82, 2.24) is 4.31 Å². The molecule has 3 rings (SSSR count). The predicted molar refractivity (Wildman–Crippen MR) is 106 cm³/mol. The number of thiophene rings is 1. The van der Waals surface area contributed by atoms with Crippen molar-refractivity contribution in [3.8, 4) is 0 Å². The van der Waals surface area contributed by atoms with Gasteiger partial charge in [-0.15, -0.1) is 23.7 Å². The van der Waals surface area contributed by atoms with Crippen LogP contribution in [0, 0.1) is 5.92 Å². The number of sulfonamides is 1. The van der Waals surface area contributed by atoms with Gasteiger partial charge in [0.25, 0.3) is 0 Å². The average Bonchev–Trinajstić information content (AvgIpc) is 3.01. The van der Waals surface area contributed by atoms with E-state index in [1.807, 2.05) is 19.1 Å². The molecule has 0 spiro atoms. The number of carbonyl (C=O) groups excluding carboxylic acids is 1. The van der Waals surface area contributed by atoms with Crippen LogP contribution in [-0.4, -0.2) is 44.9 Å². The topological polar surface area (TPSA) is 89.7 Å². The lowest BCUT2D eigenvalue weighted by atomic mass is 9.93. The number of ether oxygens (including phenoxy) is 1. The van der Waals surface area contributed by atoms with Crippen molar-refractivity contribution >= 4 is 49.8 Å². The molecule has 2 N–H and O–H groups in total. The zero-order chi connectivity index (χ0) is 18.2. The first-order valence-electron chi connectivity index (χ1n) is 8.22. The molecule has 2 heterocycles. The largest absolute Gasteiger partial charge is 0.465 e. The Kier molecular flexibility index (Phi) is 6.68. The zero-order valence-corrected chi connectivity index (χ0v) is 17.1. The van der Waals surface area contributed by atoms with Crippen molar-refractivity contribution in [2.24, 2.45) is 11.7 Å². The van der Waals surface area contributed by atoms with Crippen LogP contribution in [0.3, 0.4) is 0 Å². The number of benzene rings is 1. The van der Waals surface area contributed by atoms with Crippen LogP contribution in [0.2, 0.25) is 0 Å². The number of fused-ring (bicyclic) bond motifs is 1. The molecule has 1 aromatic heterocycles. The van der Waals surface area contributed by atoms with Gasteiger partial charge in [-0.2, -0.15) is 4.31 Å². The number of methoxy groups -OCH3 is 1. The van der Waals surface area contributed by atoms with Crippen LogP contribution in [0.25, 0.3) is 10.1 Å². The number of nitrogens with two attached hydrogens (primary N) is 1. The number of piperidine rings is 1. The van der Waals surface area contributed by atoms with Crippen molar-refractivity contribution in [2.45, 2.75) is 30.7 Å². The first kappa shape index (κ1) is 21.1. The molecule has 2 unspecified atom stereocenters. The van der Waals surface area contributed by atoms with Gasteiger partial charge in [0.05, 0.1) is 7.11 Å². The molecule has 1 aromatic carbocycles. The Labute approximate surface area is 163 Å². The molecule has 0 amide bonds. The maximum atomic E-state index is 13.4. The lowest BCUT2D eigenvalue weighted by molar-refractivity contribution is 0.0602. The van der Waals surface area contributed by atoms with Gasteiger partial charge in [-0.25, -0.2) is 13.2 Å². The smallest absolute Gasteiger partial charge is 0.349 e. The fraction of sp³-hybridized carbons (Fsp3) is 0.471. The molecule has 9 heteroatoms. The summed E-state index contributed by atoms with van der Waals surface area (Å²) in [4.78, 5) is 12.4. The molecule has 6 nitrogen and oxygen atoms in total. The highest BCUT2D eigenvalue weighted by Crippen LogP contribution is 2.38. The Bertz CT molecular complexity index is 895. The van der Waals surface area contributed by atoms with E-state index in [-0.39, 0.29) is 34.1 Å². The molecule has 2 aromatic rings. The lowest BCUT2D eigenvalue weighted by Crippen LogP contribution is -2.45. The molecule has 0 bridgehead atoms. The SMILES string of the molecule is COC(=O)c1sc2ccccc2c1S(=O)(=O)N1CCCC(C(C)N)C1.Cl. The van der Waals surface area contributed by atoms with E-state index in [9.17, 15) is 13.2 Å². The van der Waals surface area contributed by atoms with Crippen LogP contribution < -0.4 is 5.73 Å². The first-order chi connectivity index (χ1) is 11.9. The average molecular weight is 419 g/mol. The molecule has 1 aliphatic heterocycles. The van der Waals surface area contributed by atoms with E-state index in [0.717, 1.165) is 28.9 Å². The normalized spacial score (nSPS) is 19.7. The van der Waals surface area contributed by atoms with E-state index in [1.54, 1.807) is 12.1 Å². The Morgan fingerprint density at radius 3 is 2.73 bits per heavy atom. The monoisotopic (exact) mass is 418 g/mol. The Hall–Kier alpha value is -1.19. The minimum absolute atomic E-state index is 0. The molecular weight excluding hydrogens is 396 g/mol. The number of esters is 1. The summed E-state index contributed by atoms with van der Waals surface area (Å²) in [6.07, 6.45) is 1.68. The number of hydrogen-bond donors (Lipinski definition) is 1. The molecule has 1 fully saturated rings. The Morgan fingerprint density at radius 2 is 2.08 bits per heavy atom. The minimum Gasteiger partial charge on any atom is -0.465 e. The molecule has 2 atom stereocenters. The molecule has 26 heavy (non-hydrogen) atoms. The van der Waals surface area contributed by atoms with Crippen molar-refractivity contribution in [2.75, 3.05) is 20.2 Å². The molecule has 0 aliphatic carbocycles. The molecule has 1 aliphatic rings. The highest BCUT2D eigenvalue weighted by atomic mass is 35.5.